The van der Waals surface area contributed by atoms with Gasteiger partial charge in [0, 0.05) is 6.54 Å². The van der Waals surface area contributed by atoms with Crippen molar-refractivity contribution in [2.75, 3.05) is 13.2 Å². The molecule has 0 aliphatic rings. The van der Waals surface area contributed by atoms with Crippen molar-refractivity contribution in [2.45, 2.75) is 20.3 Å². The third kappa shape index (κ3) is 5.95. The maximum absolute atomic E-state index is 11.9. The number of carbonyl (C=O) groups excluding carboxylic acids is 1. The van der Waals surface area contributed by atoms with Crippen molar-refractivity contribution in [3.63, 3.8) is 0 Å². The zero-order valence-corrected chi connectivity index (χ0v) is 14.5. The van der Waals surface area contributed by atoms with E-state index in [4.69, 9.17) is 4.74 Å². The molecule has 2 aromatic carbocycles. The van der Waals surface area contributed by atoms with Gasteiger partial charge in [0.15, 0.2) is 6.61 Å². The van der Waals surface area contributed by atoms with Gasteiger partial charge in [-0.3, -0.25) is 9.59 Å². The second kappa shape index (κ2) is 8.87. The Bertz CT molecular complexity index is 728. The predicted octanol–water partition coefficient (Wildman–Crippen LogP) is 2.74. The molecule has 5 heteroatoms. The predicted molar refractivity (Wildman–Crippen MR) is 95.7 cm³/mol. The highest BCUT2D eigenvalue weighted by molar-refractivity contribution is 5.78. The molecule has 2 rings (SSSR count). The monoisotopic (exact) mass is 341 g/mol. The van der Waals surface area contributed by atoms with Crippen LogP contribution in [0.2, 0.25) is 0 Å². The fraction of sp³-hybridized carbons (Fsp3) is 0.300. The zero-order valence-electron chi connectivity index (χ0n) is 14.5. The van der Waals surface area contributed by atoms with Crippen LogP contribution in [-0.2, 0) is 16.0 Å². The lowest BCUT2D eigenvalue weighted by Crippen LogP contribution is -2.36. The quantitative estimate of drug-likeness (QED) is 0.774. The van der Waals surface area contributed by atoms with Crippen LogP contribution in [0.1, 0.15) is 16.7 Å². The molecule has 0 spiro atoms. The molecule has 0 radical (unpaired) electrons. The minimum atomic E-state index is -0.931. The van der Waals surface area contributed by atoms with Crippen LogP contribution in [0.25, 0.3) is 0 Å². The lowest BCUT2D eigenvalue weighted by molar-refractivity contribution is -0.141. The summed E-state index contributed by atoms with van der Waals surface area (Å²) in [5.41, 5.74) is 3.17. The van der Waals surface area contributed by atoms with Crippen molar-refractivity contribution in [3.05, 3.63) is 65.2 Å². The third-order valence-corrected chi connectivity index (χ3v) is 4.07. The van der Waals surface area contributed by atoms with E-state index in [0.717, 1.165) is 16.7 Å². The standard InChI is InChI=1S/C20H23NO4/c1-14-8-9-18(10-15(14)2)25-13-19(22)21-12-17(20(23)24)11-16-6-4-3-5-7-16/h3-10,17H,11-13H2,1-2H3,(H,21,22)(H,23,24). The second-order valence-electron chi connectivity index (χ2n) is 6.06. The van der Waals surface area contributed by atoms with E-state index in [0.29, 0.717) is 12.2 Å². The van der Waals surface area contributed by atoms with Crippen LogP contribution < -0.4 is 10.1 Å². The zero-order chi connectivity index (χ0) is 18.2. The number of rotatable bonds is 8. The van der Waals surface area contributed by atoms with Crippen molar-refractivity contribution >= 4 is 11.9 Å². The molecule has 1 atom stereocenters. The van der Waals surface area contributed by atoms with Gasteiger partial charge in [-0.15, -0.1) is 0 Å². The molecule has 1 unspecified atom stereocenters. The first-order chi connectivity index (χ1) is 12.0. The highest BCUT2D eigenvalue weighted by Crippen LogP contribution is 2.16. The Labute approximate surface area is 147 Å². The van der Waals surface area contributed by atoms with Crippen LogP contribution in [0.15, 0.2) is 48.5 Å². The molecule has 132 valence electrons. The first kappa shape index (κ1) is 18.5. The van der Waals surface area contributed by atoms with Crippen molar-refractivity contribution in [1.82, 2.24) is 5.32 Å². The van der Waals surface area contributed by atoms with Crippen LogP contribution >= 0.6 is 0 Å². The molecule has 2 aromatic rings. The van der Waals surface area contributed by atoms with E-state index in [1.165, 1.54) is 0 Å². The van der Waals surface area contributed by atoms with Crippen molar-refractivity contribution in [1.29, 1.82) is 0 Å². The van der Waals surface area contributed by atoms with Gasteiger partial charge in [0.05, 0.1) is 5.92 Å². The number of nitrogens with one attached hydrogen (secondary N) is 1. The molecule has 0 heterocycles. The van der Waals surface area contributed by atoms with E-state index in [-0.39, 0.29) is 19.1 Å². The average Bonchev–Trinajstić information content (AvgIpc) is 2.60. The number of hydrogen-bond donors (Lipinski definition) is 2. The molecule has 0 saturated heterocycles. The molecular weight excluding hydrogens is 318 g/mol. The van der Waals surface area contributed by atoms with Gasteiger partial charge in [-0.25, -0.2) is 0 Å². The number of hydrogen-bond acceptors (Lipinski definition) is 3. The number of amides is 1. The van der Waals surface area contributed by atoms with Gasteiger partial charge in [0.1, 0.15) is 5.75 Å². The van der Waals surface area contributed by atoms with Gasteiger partial charge < -0.3 is 15.2 Å². The number of carboxylic acids is 1. The Morgan fingerprint density at radius 1 is 1.08 bits per heavy atom. The minimum Gasteiger partial charge on any atom is -0.484 e. The van der Waals surface area contributed by atoms with E-state index in [9.17, 15) is 14.7 Å². The van der Waals surface area contributed by atoms with Crippen molar-refractivity contribution in [3.8, 4) is 5.75 Å². The minimum absolute atomic E-state index is 0.0688. The number of aliphatic carboxylic acids is 1. The molecule has 0 aliphatic heterocycles. The Balaban J connectivity index is 1.82. The molecule has 0 saturated carbocycles. The van der Waals surface area contributed by atoms with E-state index < -0.39 is 11.9 Å². The lowest BCUT2D eigenvalue weighted by atomic mass is 9.99. The molecule has 0 aliphatic carbocycles. The second-order valence-corrected chi connectivity index (χ2v) is 6.06. The summed E-state index contributed by atoms with van der Waals surface area (Å²) in [4.78, 5) is 23.3. The van der Waals surface area contributed by atoms with Gasteiger partial charge in [-0.2, -0.15) is 0 Å². The van der Waals surface area contributed by atoms with Gasteiger partial charge >= 0.3 is 5.97 Å². The summed E-state index contributed by atoms with van der Waals surface area (Å²) >= 11 is 0. The molecule has 5 nitrogen and oxygen atoms in total. The largest absolute Gasteiger partial charge is 0.484 e. The van der Waals surface area contributed by atoms with Crippen LogP contribution in [0.4, 0.5) is 0 Å². The van der Waals surface area contributed by atoms with Gasteiger partial charge in [0.25, 0.3) is 5.91 Å². The number of benzene rings is 2. The Morgan fingerprint density at radius 3 is 2.44 bits per heavy atom. The Morgan fingerprint density at radius 2 is 1.80 bits per heavy atom. The number of aryl methyl sites for hydroxylation is 2. The first-order valence-corrected chi connectivity index (χ1v) is 8.19. The van der Waals surface area contributed by atoms with Crippen molar-refractivity contribution < 1.29 is 19.4 Å². The fourth-order valence-electron chi connectivity index (χ4n) is 2.39. The first-order valence-electron chi connectivity index (χ1n) is 8.19. The normalized spacial score (nSPS) is 11.6. The van der Waals surface area contributed by atoms with Crippen LogP contribution in [0, 0.1) is 19.8 Å². The van der Waals surface area contributed by atoms with E-state index in [1.54, 1.807) is 0 Å². The molecule has 0 aromatic heterocycles. The number of carbonyl (C=O) groups is 2. The van der Waals surface area contributed by atoms with E-state index in [2.05, 4.69) is 5.32 Å². The van der Waals surface area contributed by atoms with Gasteiger partial charge in [0.2, 0.25) is 0 Å². The summed E-state index contributed by atoms with van der Waals surface area (Å²) in [7, 11) is 0. The molecule has 25 heavy (non-hydrogen) atoms. The van der Waals surface area contributed by atoms with E-state index in [1.807, 2.05) is 62.4 Å². The maximum Gasteiger partial charge on any atom is 0.308 e. The molecular formula is C20H23NO4. The molecule has 0 bridgehead atoms. The van der Waals surface area contributed by atoms with Crippen LogP contribution in [0.3, 0.4) is 0 Å². The highest BCUT2D eigenvalue weighted by Gasteiger charge is 2.19. The summed E-state index contributed by atoms with van der Waals surface area (Å²) in [5, 5.41) is 12.0. The van der Waals surface area contributed by atoms with Crippen molar-refractivity contribution in [2.24, 2.45) is 5.92 Å². The third-order valence-electron chi connectivity index (χ3n) is 4.07. The van der Waals surface area contributed by atoms with Gasteiger partial charge in [-0.1, -0.05) is 36.4 Å². The summed E-state index contributed by atoms with van der Waals surface area (Å²) in [5.74, 6) is -1.32. The highest BCUT2D eigenvalue weighted by atomic mass is 16.5. The van der Waals surface area contributed by atoms with Crippen LogP contribution in [-0.4, -0.2) is 30.1 Å². The topological polar surface area (TPSA) is 75.6 Å². The number of ether oxygens (including phenoxy) is 1. The van der Waals surface area contributed by atoms with Crippen LogP contribution in [0.5, 0.6) is 5.75 Å². The summed E-state index contributed by atoms with van der Waals surface area (Å²) < 4.78 is 5.46. The summed E-state index contributed by atoms with van der Waals surface area (Å²) in [6, 6.07) is 15.0. The summed E-state index contributed by atoms with van der Waals surface area (Å²) in [6.45, 7) is 3.91. The Hall–Kier alpha value is -2.82. The fourth-order valence-corrected chi connectivity index (χ4v) is 2.39. The molecule has 1 amide bonds. The SMILES string of the molecule is Cc1ccc(OCC(=O)NCC(Cc2ccccc2)C(=O)O)cc1C. The van der Waals surface area contributed by atoms with E-state index >= 15 is 0 Å². The molecule has 2 N–H and O–H groups in total. The maximum atomic E-state index is 11.9. The lowest BCUT2D eigenvalue weighted by Gasteiger charge is -2.14. The molecule has 0 fully saturated rings. The Kier molecular flexibility index (Phi) is 6.57. The van der Waals surface area contributed by atoms with Gasteiger partial charge in [-0.05, 0) is 49.1 Å². The summed E-state index contributed by atoms with van der Waals surface area (Å²) in [6.07, 6.45) is 0.370. The number of carboxylic acid groups (broad SMARTS) is 1. The smallest absolute Gasteiger partial charge is 0.308 e. The average molecular weight is 341 g/mol.